The van der Waals surface area contributed by atoms with E-state index in [1.807, 2.05) is 6.26 Å². The number of non-ortho nitro benzene ring substituents is 1. The smallest absolute Gasteiger partial charge is 0.408 e. The summed E-state index contributed by atoms with van der Waals surface area (Å²) >= 11 is 1.42. The molecule has 53 heavy (non-hydrogen) atoms. The van der Waals surface area contributed by atoms with Crippen LogP contribution in [0.25, 0.3) is 0 Å². The van der Waals surface area contributed by atoms with Crippen molar-refractivity contribution in [1.82, 2.24) is 26.2 Å². The number of carbonyl (C=O) groups excluding carboxylic acids is 6. The summed E-state index contributed by atoms with van der Waals surface area (Å²) in [5.41, 5.74) is 5.60. The molecular weight excluding hydrogens is 710 g/mol. The summed E-state index contributed by atoms with van der Waals surface area (Å²) in [6.45, 7) is 4.65. The second kappa shape index (κ2) is 19.4. The lowest BCUT2D eigenvalue weighted by Crippen LogP contribution is -2.57. The molecule has 0 aliphatic carbocycles. The van der Waals surface area contributed by atoms with Gasteiger partial charge in [-0.05, 0) is 75.3 Å². The third-order valence-corrected chi connectivity index (χ3v) is 8.78. The zero-order valence-electron chi connectivity index (χ0n) is 30.1. The van der Waals surface area contributed by atoms with E-state index in [1.165, 1.54) is 53.1 Å². The maximum Gasteiger partial charge on any atom is 0.408 e. The number of nitrogens with zero attached hydrogens (tertiary/aromatic N) is 2. The standard InChI is InChI=1S/C35H47N7O10S/c1-35(2,3)52-34(49)40-26(18-22-9-13-24(43)14-10-22)32(47)39-25(15-17-53-4)31(46)37-20-29(44)38-27(19-21-7-11-23(12-8-21)42(50)51)33(48)41-16-5-6-28(41)30(36)45/h7-14,25-28,43H,5-6,15-20H2,1-4H3,(H2,36,45)(H,37,46)(H,38,44)(H,39,47)(H,40,49)/t25-,26+,27+,28+/m1/s1. The van der Waals surface area contributed by atoms with Crippen LogP contribution in [-0.4, -0.2) is 105 Å². The van der Waals surface area contributed by atoms with Crippen LogP contribution in [0.15, 0.2) is 48.5 Å². The maximum absolute atomic E-state index is 13.6. The first kappa shape index (κ1) is 42.0. The molecule has 0 saturated carbocycles. The number of nitro groups is 1. The van der Waals surface area contributed by atoms with E-state index in [0.29, 0.717) is 29.7 Å². The molecule has 17 nitrogen and oxygen atoms in total. The number of carbonyl (C=O) groups is 6. The summed E-state index contributed by atoms with van der Waals surface area (Å²) in [4.78, 5) is 90.4. The van der Waals surface area contributed by atoms with Crippen molar-refractivity contribution >= 4 is 53.1 Å². The quantitative estimate of drug-likeness (QED) is 0.0991. The Kier molecular flexibility index (Phi) is 15.4. The zero-order valence-corrected chi connectivity index (χ0v) is 30.9. The summed E-state index contributed by atoms with van der Waals surface area (Å²) in [7, 11) is 0. The number of rotatable bonds is 17. The highest BCUT2D eigenvalue weighted by molar-refractivity contribution is 7.98. The molecule has 3 rings (SSSR count). The first-order chi connectivity index (χ1) is 25.0. The number of aromatic hydroxyl groups is 1. The van der Waals surface area contributed by atoms with Crippen molar-refractivity contribution in [3.05, 3.63) is 69.8 Å². The monoisotopic (exact) mass is 757 g/mol. The van der Waals surface area contributed by atoms with Gasteiger partial charge in [-0.3, -0.25) is 34.1 Å². The fourth-order valence-electron chi connectivity index (χ4n) is 5.56. The Morgan fingerprint density at radius 1 is 0.943 bits per heavy atom. The number of phenolic OH excluding ortho intramolecular Hbond substituents is 1. The van der Waals surface area contributed by atoms with E-state index < -0.39 is 76.9 Å². The van der Waals surface area contributed by atoms with Crippen molar-refractivity contribution < 1.29 is 43.5 Å². The largest absolute Gasteiger partial charge is 0.508 e. The number of benzene rings is 2. The molecule has 1 aliphatic rings. The first-order valence-electron chi connectivity index (χ1n) is 16.9. The molecule has 0 radical (unpaired) electrons. The summed E-state index contributed by atoms with van der Waals surface area (Å²) in [6, 6.07) is 7.11. The molecular formula is C35H47N7O10S. The van der Waals surface area contributed by atoms with Crippen LogP contribution in [0.4, 0.5) is 10.5 Å². The lowest BCUT2D eigenvalue weighted by Gasteiger charge is -2.28. The van der Waals surface area contributed by atoms with E-state index in [9.17, 15) is 44.0 Å². The van der Waals surface area contributed by atoms with Crippen molar-refractivity contribution in [1.29, 1.82) is 0 Å². The van der Waals surface area contributed by atoms with E-state index in [1.54, 1.807) is 32.9 Å². The van der Waals surface area contributed by atoms with Gasteiger partial charge in [0.25, 0.3) is 5.69 Å². The van der Waals surface area contributed by atoms with Crippen LogP contribution in [0.3, 0.4) is 0 Å². The van der Waals surface area contributed by atoms with E-state index in [2.05, 4.69) is 21.3 Å². The van der Waals surface area contributed by atoms with Gasteiger partial charge in [-0.1, -0.05) is 24.3 Å². The number of primary amides is 1. The minimum Gasteiger partial charge on any atom is -0.508 e. The average molecular weight is 758 g/mol. The van der Waals surface area contributed by atoms with E-state index in [-0.39, 0.29) is 37.2 Å². The molecule has 0 unspecified atom stereocenters. The molecule has 0 aromatic heterocycles. The van der Waals surface area contributed by atoms with E-state index in [4.69, 9.17) is 10.5 Å². The van der Waals surface area contributed by atoms with E-state index in [0.717, 1.165) is 0 Å². The number of likely N-dealkylation sites (tertiary alicyclic amines) is 1. The van der Waals surface area contributed by atoms with Gasteiger partial charge in [0, 0.05) is 31.5 Å². The molecule has 1 aliphatic heterocycles. The Hall–Kier alpha value is -5.39. The Morgan fingerprint density at radius 3 is 2.11 bits per heavy atom. The second-order valence-corrected chi connectivity index (χ2v) is 14.5. The van der Waals surface area contributed by atoms with Gasteiger partial charge in [0.05, 0.1) is 11.5 Å². The van der Waals surface area contributed by atoms with Gasteiger partial charge in [0.15, 0.2) is 0 Å². The fourth-order valence-corrected chi connectivity index (χ4v) is 6.03. The van der Waals surface area contributed by atoms with Crippen LogP contribution in [0.2, 0.25) is 0 Å². The molecule has 0 spiro atoms. The van der Waals surface area contributed by atoms with E-state index >= 15 is 0 Å². The van der Waals surface area contributed by atoms with Gasteiger partial charge in [0.1, 0.15) is 35.5 Å². The van der Waals surface area contributed by atoms with Crippen LogP contribution in [0.5, 0.6) is 5.75 Å². The highest BCUT2D eigenvalue weighted by atomic mass is 32.2. The summed E-state index contributed by atoms with van der Waals surface area (Å²) < 4.78 is 5.33. The third-order valence-electron chi connectivity index (χ3n) is 8.14. The zero-order chi connectivity index (χ0) is 39.3. The minimum atomic E-state index is -1.20. The number of alkyl carbamates (subject to hydrolysis) is 1. The fraction of sp³-hybridized carbons (Fsp3) is 0.486. The second-order valence-electron chi connectivity index (χ2n) is 13.5. The highest BCUT2D eigenvalue weighted by Gasteiger charge is 2.37. The van der Waals surface area contributed by atoms with Gasteiger partial charge in [-0.25, -0.2) is 4.79 Å². The maximum atomic E-state index is 13.6. The molecule has 1 heterocycles. The Balaban J connectivity index is 1.74. The van der Waals surface area contributed by atoms with Crippen LogP contribution in [0, 0.1) is 10.1 Å². The van der Waals surface area contributed by atoms with Crippen molar-refractivity contribution in [2.45, 2.75) is 82.6 Å². The number of ether oxygens (including phenoxy) is 1. The molecule has 288 valence electrons. The van der Waals surface area contributed by atoms with Gasteiger partial charge in [0.2, 0.25) is 29.5 Å². The topological polar surface area (TPSA) is 252 Å². The molecule has 0 bridgehead atoms. The third kappa shape index (κ3) is 13.6. The molecule has 4 atom stereocenters. The van der Waals surface area contributed by atoms with Crippen molar-refractivity contribution in [3.8, 4) is 5.75 Å². The van der Waals surface area contributed by atoms with Crippen molar-refractivity contribution in [3.63, 3.8) is 0 Å². The molecule has 6 amide bonds. The van der Waals surface area contributed by atoms with Gasteiger partial charge in [-0.15, -0.1) is 0 Å². The van der Waals surface area contributed by atoms with Crippen molar-refractivity contribution in [2.75, 3.05) is 25.1 Å². The molecule has 2 aromatic carbocycles. The van der Waals surface area contributed by atoms with Crippen LogP contribution in [-0.2, 0) is 41.6 Å². The van der Waals surface area contributed by atoms with Crippen LogP contribution in [0.1, 0.15) is 51.2 Å². The predicted molar refractivity (Wildman–Crippen MR) is 196 cm³/mol. The average Bonchev–Trinajstić information content (AvgIpc) is 3.59. The number of hydrogen-bond acceptors (Lipinski definition) is 11. The lowest BCUT2D eigenvalue weighted by atomic mass is 10.0. The van der Waals surface area contributed by atoms with Gasteiger partial charge < -0.3 is 41.7 Å². The number of nitrogens with two attached hydrogens (primary N) is 1. The Labute approximate surface area is 311 Å². The van der Waals surface area contributed by atoms with Crippen LogP contribution < -0.4 is 27.0 Å². The highest BCUT2D eigenvalue weighted by Crippen LogP contribution is 2.20. The summed E-state index contributed by atoms with van der Waals surface area (Å²) in [5, 5.41) is 31.1. The number of nitrogens with one attached hydrogen (secondary N) is 4. The normalized spacial score (nSPS) is 15.7. The number of hydrogen-bond donors (Lipinski definition) is 6. The summed E-state index contributed by atoms with van der Waals surface area (Å²) in [5.74, 6) is -2.94. The first-order valence-corrected chi connectivity index (χ1v) is 18.3. The van der Waals surface area contributed by atoms with Gasteiger partial charge in [-0.2, -0.15) is 11.8 Å². The molecule has 2 aromatic rings. The SMILES string of the molecule is CSCC[C@@H](NC(=O)[C@H](Cc1ccc(O)cc1)NC(=O)OC(C)(C)C)C(=O)NCC(=O)N[C@@H](Cc1ccc([N+](=O)[O-])cc1)C(=O)N1CCC[C@H]1C(N)=O. The molecule has 1 saturated heterocycles. The predicted octanol–water partition coefficient (Wildman–Crippen LogP) is 1.29. The molecule has 1 fully saturated rings. The number of amides is 6. The van der Waals surface area contributed by atoms with Gasteiger partial charge >= 0.3 is 6.09 Å². The van der Waals surface area contributed by atoms with Crippen molar-refractivity contribution in [2.24, 2.45) is 5.73 Å². The number of phenols is 1. The Morgan fingerprint density at radius 2 is 1.55 bits per heavy atom. The molecule has 18 heteroatoms. The summed E-state index contributed by atoms with van der Waals surface area (Å²) in [6.07, 6.45) is 1.95. The number of nitro benzene ring substituents is 1. The molecule has 7 N–H and O–H groups in total. The Bertz CT molecular complexity index is 1630. The number of thioether (sulfide) groups is 1. The van der Waals surface area contributed by atoms with Crippen LogP contribution >= 0.6 is 11.8 Å². The lowest BCUT2D eigenvalue weighted by molar-refractivity contribution is -0.384. The minimum absolute atomic E-state index is 0.00242.